The zero-order valence-corrected chi connectivity index (χ0v) is 7.02. The molecular weight excluding hydrogens is 198 g/mol. The Labute approximate surface area is 73.6 Å². The van der Waals surface area contributed by atoms with E-state index < -0.39 is 21.1 Å². The van der Waals surface area contributed by atoms with Crippen molar-refractivity contribution >= 4 is 16.1 Å². The number of rotatable bonds is 2. The fourth-order valence-corrected chi connectivity index (χ4v) is 1.09. The molecule has 0 unspecified atom stereocenters. The Bertz CT molecular complexity index is 421. The van der Waals surface area contributed by atoms with Crippen molar-refractivity contribution in [2.45, 2.75) is 5.03 Å². The average molecular weight is 203 g/mol. The number of aromatic nitrogens is 1. The molecule has 0 aliphatic carbocycles. The summed E-state index contributed by atoms with van der Waals surface area (Å²) in [5.41, 5.74) is -0.146. The fourth-order valence-electron chi connectivity index (χ4n) is 0.659. The second-order valence-corrected chi connectivity index (χ2v) is 3.53. The third-order valence-corrected chi connectivity index (χ3v) is 2.02. The molecule has 0 saturated heterocycles. The van der Waals surface area contributed by atoms with Crippen molar-refractivity contribution in [2.75, 3.05) is 0 Å². The van der Waals surface area contributed by atoms with Crippen LogP contribution in [-0.2, 0) is 10.1 Å². The molecule has 0 aliphatic rings. The first-order valence-corrected chi connectivity index (χ1v) is 4.52. The highest BCUT2D eigenvalue weighted by Gasteiger charge is 2.11. The lowest BCUT2D eigenvalue weighted by Gasteiger charge is -1.95. The van der Waals surface area contributed by atoms with Crippen LogP contribution in [0.2, 0.25) is 0 Å². The molecule has 0 amide bonds. The van der Waals surface area contributed by atoms with E-state index in [0.717, 1.165) is 18.3 Å². The summed E-state index contributed by atoms with van der Waals surface area (Å²) in [6, 6.07) is 1.96. The van der Waals surface area contributed by atoms with Crippen molar-refractivity contribution in [1.29, 1.82) is 0 Å². The number of pyridine rings is 1. The molecule has 0 radical (unpaired) electrons. The number of carbonyl (C=O) groups is 1. The standard InChI is InChI=1S/C6H5NO5S/c8-6(9)4-1-2-5(7-3-4)13(10,11)12/h1-3H,(H,8,9)(H,10,11,12). The van der Waals surface area contributed by atoms with Gasteiger partial charge in [-0.05, 0) is 12.1 Å². The van der Waals surface area contributed by atoms with Gasteiger partial charge in [-0.3, -0.25) is 4.55 Å². The summed E-state index contributed by atoms with van der Waals surface area (Å²) in [5.74, 6) is -1.21. The highest BCUT2D eigenvalue weighted by Crippen LogP contribution is 2.05. The Balaban J connectivity index is 3.16. The molecule has 6 nitrogen and oxygen atoms in total. The molecular formula is C6H5NO5S. The minimum absolute atomic E-state index is 0.146. The van der Waals surface area contributed by atoms with E-state index in [0.29, 0.717) is 0 Å². The molecule has 0 fully saturated rings. The molecule has 2 N–H and O–H groups in total. The van der Waals surface area contributed by atoms with Crippen LogP contribution in [0.3, 0.4) is 0 Å². The molecule has 0 saturated carbocycles. The van der Waals surface area contributed by atoms with Crippen molar-refractivity contribution in [3.63, 3.8) is 0 Å². The first-order valence-electron chi connectivity index (χ1n) is 3.08. The van der Waals surface area contributed by atoms with Crippen LogP contribution in [0.1, 0.15) is 10.4 Å². The number of carboxylic acids is 1. The highest BCUT2D eigenvalue weighted by molar-refractivity contribution is 7.85. The number of hydrogen-bond acceptors (Lipinski definition) is 4. The molecule has 0 bridgehead atoms. The number of carboxylic acid groups (broad SMARTS) is 1. The van der Waals surface area contributed by atoms with Gasteiger partial charge >= 0.3 is 16.1 Å². The van der Waals surface area contributed by atoms with Crippen LogP contribution in [0.5, 0.6) is 0 Å². The normalized spacial score (nSPS) is 11.2. The SMILES string of the molecule is O=C(O)c1ccc(S(=O)(=O)O)nc1. The van der Waals surface area contributed by atoms with Crippen LogP contribution in [0, 0.1) is 0 Å². The van der Waals surface area contributed by atoms with Gasteiger partial charge in [0, 0.05) is 6.20 Å². The molecule has 0 aliphatic heterocycles. The number of hydrogen-bond donors (Lipinski definition) is 2. The summed E-state index contributed by atoms with van der Waals surface area (Å²) >= 11 is 0. The maximum absolute atomic E-state index is 10.5. The second kappa shape index (κ2) is 3.11. The number of aromatic carboxylic acids is 1. The average Bonchev–Trinajstić information content (AvgIpc) is 2.03. The Morgan fingerprint density at radius 2 is 2.00 bits per heavy atom. The van der Waals surface area contributed by atoms with Gasteiger partial charge < -0.3 is 5.11 Å². The molecule has 0 spiro atoms. The van der Waals surface area contributed by atoms with Gasteiger partial charge in [0.1, 0.15) is 0 Å². The second-order valence-electron chi connectivity index (χ2n) is 2.17. The molecule has 70 valence electrons. The van der Waals surface area contributed by atoms with E-state index in [2.05, 4.69) is 4.98 Å². The summed E-state index contributed by atoms with van der Waals surface area (Å²) in [6.07, 6.45) is 0.853. The fraction of sp³-hybridized carbons (Fsp3) is 0. The van der Waals surface area contributed by atoms with E-state index in [1.54, 1.807) is 0 Å². The molecule has 7 heteroatoms. The van der Waals surface area contributed by atoms with E-state index in [1.165, 1.54) is 0 Å². The van der Waals surface area contributed by atoms with Gasteiger partial charge in [0.05, 0.1) is 5.56 Å². The highest BCUT2D eigenvalue weighted by atomic mass is 32.2. The molecule has 1 aromatic rings. The zero-order chi connectivity index (χ0) is 10.1. The van der Waals surface area contributed by atoms with Gasteiger partial charge in [-0.2, -0.15) is 8.42 Å². The van der Waals surface area contributed by atoms with Crippen molar-refractivity contribution in [1.82, 2.24) is 4.98 Å². The minimum atomic E-state index is -4.35. The van der Waals surface area contributed by atoms with E-state index >= 15 is 0 Å². The molecule has 0 atom stereocenters. The van der Waals surface area contributed by atoms with Crippen LogP contribution in [0.15, 0.2) is 23.4 Å². The van der Waals surface area contributed by atoms with Gasteiger partial charge in [0.15, 0.2) is 5.03 Å². The van der Waals surface area contributed by atoms with E-state index in [1.807, 2.05) is 0 Å². The zero-order valence-electron chi connectivity index (χ0n) is 6.21. The molecule has 1 heterocycles. The van der Waals surface area contributed by atoms with E-state index in [9.17, 15) is 13.2 Å². The van der Waals surface area contributed by atoms with Crippen molar-refractivity contribution in [2.24, 2.45) is 0 Å². The maximum atomic E-state index is 10.5. The Hall–Kier alpha value is -1.47. The van der Waals surface area contributed by atoms with Crippen LogP contribution in [0.4, 0.5) is 0 Å². The van der Waals surface area contributed by atoms with Gasteiger partial charge in [-0.1, -0.05) is 0 Å². The summed E-state index contributed by atoms with van der Waals surface area (Å²) in [7, 11) is -4.35. The lowest BCUT2D eigenvalue weighted by atomic mass is 10.3. The van der Waals surface area contributed by atoms with Gasteiger partial charge in [0.25, 0.3) is 0 Å². The van der Waals surface area contributed by atoms with Gasteiger partial charge in [-0.25, -0.2) is 9.78 Å². The topological polar surface area (TPSA) is 105 Å². The smallest absolute Gasteiger partial charge is 0.337 e. The lowest BCUT2D eigenvalue weighted by Crippen LogP contribution is -2.03. The maximum Gasteiger partial charge on any atom is 0.337 e. The van der Waals surface area contributed by atoms with Crippen LogP contribution in [-0.4, -0.2) is 29.0 Å². The van der Waals surface area contributed by atoms with Crippen LogP contribution >= 0.6 is 0 Å². The Kier molecular flexibility index (Phi) is 2.30. The predicted octanol–water partition coefficient (Wildman–Crippen LogP) is 0.0265. The van der Waals surface area contributed by atoms with Crippen molar-refractivity contribution in [3.05, 3.63) is 23.9 Å². The van der Waals surface area contributed by atoms with Gasteiger partial charge in [-0.15, -0.1) is 0 Å². The van der Waals surface area contributed by atoms with E-state index in [4.69, 9.17) is 9.66 Å². The minimum Gasteiger partial charge on any atom is -0.478 e. The summed E-state index contributed by atoms with van der Waals surface area (Å²) in [5, 5.41) is 7.85. The summed E-state index contributed by atoms with van der Waals surface area (Å²) in [4.78, 5) is 13.6. The molecule has 0 aromatic carbocycles. The lowest BCUT2D eigenvalue weighted by molar-refractivity contribution is 0.0696. The summed E-state index contributed by atoms with van der Waals surface area (Å²) < 4.78 is 29.4. The molecule has 13 heavy (non-hydrogen) atoms. The van der Waals surface area contributed by atoms with E-state index in [-0.39, 0.29) is 5.56 Å². The first kappa shape index (κ1) is 9.62. The van der Waals surface area contributed by atoms with Gasteiger partial charge in [0.2, 0.25) is 0 Å². The molecule has 1 aromatic heterocycles. The largest absolute Gasteiger partial charge is 0.478 e. The Morgan fingerprint density at radius 1 is 1.38 bits per heavy atom. The van der Waals surface area contributed by atoms with Crippen molar-refractivity contribution in [3.8, 4) is 0 Å². The van der Waals surface area contributed by atoms with Crippen LogP contribution < -0.4 is 0 Å². The third kappa shape index (κ3) is 2.23. The van der Waals surface area contributed by atoms with Crippen LogP contribution in [0.25, 0.3) is 0 Å². The monoisotopic (exact) mass is 203 g/mol. The Morgan fingerprint density at radius 3 is 2.31 bits per heavy atom. The quantitative estimate of drug-likeness (QED) is 0.657. The number of nitrogens with zero attached hydrogens (tertiary/aromatic N) is 1. The molecule has 1 rings (SSSR count). The first-order chi connectivity index (χ1) is 5.91. The van der Waals surface area contributed by atoms with Crippen molar-refractivity contribution < 1.29 is 22.9 Å². The third-order valence-electron chi connectivity index (χ3n) is 1.25. The predicted molar refractivity (Wildman–Crippen MR) is 41.0 cm³/mol. The summed E-state index contributed by atoms with van der Waals surface area (Å²) in [6.45, 7) is 0.